The van der Waals surface area contributed by atoms with Crippen molar-refractivity contribution in [2.75, 3.05) is 0 Å². The van der Waals surface area contributed by atoms with E-state index in [0.29, 0.717) is 10.8 Å². The van der Waals surface area contributed by atoms with Crippen LogP contribution in [-0.2, 0) is 0 Å². The molecule has 3 aromatic rings. The van der Waals surface area contributed by atoms with Gasteiger partial charge in [0.05, 0.1) is 5.56 Å². The number of rotatable bonds is 5. The third kappa shape index (κ3) is 3.58. The van der Waals surface area contributed by atoms with Gasteiger partial charge < -0.3 is 14.3 Å². The Hall–Kier alpha value is -3.06. The number of hydrogen-bond donors (Lipinski definition) is 2. The molecule has 8 heteroatoms. The van der Waals surface area contributed by atoms with Crippen molar-refractivity contribution in [2.24, 2.45) is 0 Å². The Bertz CT molecular complexity index is 855. The first-order chi connectivity index (χ1) is 11.1. The molecular weight excluding hydrogens is 322 g/mol. The second kappa shape index (κ2) is 6.37. The first kappa shape index (κ1) is 14.9. The second-order valence-corrected chi connectivity index (χ2v) is 4.88. The van der Waals surface area contributed by atoms with E-state index in [1.807, 2.05) is 0 Å². The molecule has 0 saturated heterocycles. The molecule has 3 rings (SSSR count). The summed E-state index contributed by atoms with van der Waals surface area (Å²) in [6.45, 7) is 0. The summed E-state index contributed by atoms with van der Waals surface area (Å²) in [6.07, 6.45) is 3.47. The van der Waals surface area contributed by atoms with Gasteiger partial charge >= 0.3 is 0 Å². The number of ketones is 1. The summed E-state index contributed by atoms with van der Waals surface area (Å²) in [5.41, 5.74) is 0.287. The summed E-state index contributed by atoms with van der Waals surface area (Å²) < 4.78 is 10.7. The molecular formula is C15H10ClN3O4. The summed E-state index contributed by atoms with van der Waals surface area (Å²) in [5.74, 6) is -0.140. The Labute approximate surface area is 135 Å². The van der Waals surface area contributed by atoms with Crippen LogP contribution in [0.1, 0.15) is 16.2 Å². The zero-order valence-electron chi connectivity index (χ0n) is 11.6. The molecule has 0 atom stereocenters. The largest absolute Gasteiger partial charge is 0.507 e. The fourth-order valence-electron chi connectivity index (χ4n) is 1.75. The Balaban J connectivity index is 1.75. The van der Waals surface area contributed by atoms with Crippen LogP contribution in [0.25, 0.3) is 5.76 Å². The van der Waals surface area contributed by atoms with Crippen molar-refractivity contribution in [3.05, 3.63) is 65.4 Å². The number of halogens is 1. The molecule has 0 aliphatic rings. The Kier molecular flexibility index (Phi) is 4.11. The Morgan fingerprint density at radius 2 is 2.26 bits per heavy atom. The number of nitrogens with zero attached hydrogens (tertiary/aromatic N) is 2. The van der Waals surface area contributed by atoms with Gasteiger partial charge in [-0.25, -0.2) is 4.98 Å². The summed E-state index contributed by atoms with van der Waals surface area (Å²) >= 11 is 5.86. The fourth-order valence-corrected chi connectivity index (χ4v) is 1.93. The van der Waals surface area contributed by atoms with Crippen LogP contribution in [0, 0.1) is 0 Å². The highest BCUT2D eigenvalue weighted by Gasteiger charge is 2.12. The minimum absolute atomic E-state index is 0.0236. The highest BCUT2D eigenvalue weighted by atomic mass is 35.5. The number of H-pyrrole nitrogens is 1. The van der Waals surface area contributed by atoms with Crippen LogP contribution < -0.4 is 4.74 Å². The van der Waals surface area contributed by atoms with E-state index >= 15 is 0 Å². The summed E-state index contributed by atoms with van der Waals surface area (Å²) in [7, 11) is 0. The predicted octanol–water partition coefficient (Wildman–Crippen LogP) is 3.63. The van der Waals surface area contributed by atoms with Gasteiger partial charge in [0.2, 0.25) is 5.78 Å². The van der Waals surface area contributed by atoms with Crippen LogP contribution in [-0.4, -0.2) is 26.1 Å². The molecule has 23 heavy (non-hydrogen) atoms. The standard InChI is InChI=1S/C15H10ClN3O4/c16-10-2-1-3-11(5-10)23-14-4-9(7-22-14)12(20)6-13(21)15-17-8-18-19-15/h1-8,20H,(H,17,18,19). The van der Waals surface area contributed by atoms with Crippen LogP contribution in [0.15, 0.2) is 53.4 Å². The van der Waals surface area contributed by atoms with E-state index in [4.69, 9.17) is 20.8 Å². The first-order valence-corrected chi connectivity index (χ1v) is 6.82. The molecule has 0 unspecified atom stereocenters. The van der Waals surface area contributed by atoms with Crippen molar-refractivity contribution in [2.45, 2.75) is 0 Å². The molecule has 0 bridgehead atoms. The van der Waals surface area contributed by atoms with Gasteiger partial charge in [0, 0.05) is 17.2 Å². The first-order valence-electron chi connectivity index (χ1n) is 6.44. The van der Waals surface area contributed by atoms with Crippen molar-refractivity contribution in [3.63, 3.8) is 0 Å². The molecule has 0 spiro atoms. The smallest absolute Gasteiger partial charge is 0.290 e. The Morgan fingerprint density at radius 1 is 1.39 bits per heavy atom. The van der Waals surface area contributed by atoms with Crippen LogP contribution in [0.3, 0.4) is 0 Å². The third-order valence-electron chi connectivity index (χ3n) is 2.80. The maximum absolute atomic E-state index is 11.8. The molecule has 1 aromatic carbocycles. The summed E-state index contributed by atoms with van der Waals surface area (Å²) in [4.78, 5) is 15.5. The average Bonchev–Trinajstić information content (AvgIpc) is 3.18. The van der Waals surface area contributed by atoms with E-state index in [1.165, 1.54) is 18.7 Å². The van der Waals surface area contributed by atoms with E-state index in [-0.39, 0.29) is 23.1 Å². The van der Waals surface area contributed by atoms with E-state index in [0.717, 1.165) is 6.08 Å². The van der Waals surface area contributed by atoms with Gasteiger partial charge in [-0.15, -0.1) is 0 Å². The molecule has 0 radical (unpaired) electrons. The summed E-state index contributed by atoms with van der Waals surface area (Å²) in [5, 5.41) is 16.5. The number of furan rings is 1. The normalized spacial score (nSPS) is 11.4. The second-order valence-electron chi connectivity index (χ2n) is 4.44. The molecule has 2 N–H and O–H groups in total. The van der Waals surface area contributed by atoms with Gasteiger partial charge in [-0.05, 0) is 18.2 Å². The number of aromatic amines is 1. The van der Waals surface area contributed by atoms with Gasteiger partial charge in [-0.3, -0.25) is 9.89 Å². The number of aromatic nitrogens is 3. The van der Waals surface area contributed by atoms with Crippen molar-refractivity contribution >= 4 is 23.1 Å². The van der Waals surface area contributed by atoms with Crippen LogP contribution in [0.5, 0.6) is 11.7 Å². The average molecular weight is 332 g/mol. The molecule has 0 aliphatic heterocycles. The Morgan fingerprint density at radius 3 is 3.00 bits per heavy atom. The van der Waals surface area contributed by atoms with Crippen LogP contribution >= 0.6 is 11.6 Å². The van der Waals surface area contributed by atoms with Crippen molar-refractivity contribution in [1.82, 2.24) is 15.2 Å². The minimum atomic E-state index is -0.515. The highest BCUT2D eigenvalue weighted by molar-refractivity contribution is 6.30. The van der Waals surface area contributed by atoms with Crippen LogP contribution in [0.4, 0.5) is 0 Å². The molecule has 0 aliphatic carbocycles. The number of hydrogen-bond acceptors (Lipinski definition) is 6. The number of benzene rings is 1. The van der Waals surface area contributed by atoms with Crippen molar-refractivity contribution < 1.29 is 19.1 Å². The third-order valence-corrected chi connectivity index (χ3v) is 3.04. The number of aliphatic hydroxyl groups excluding tert-OH is 1. The number of allylic oxidation sites excluding steroid dienone is 1. The maximum atomic E-state index is 11.8. The zero-order valence-corrected chi connectivity index (χ0v) is 12.3. The molecule has 2 aromatic heterocycles. The van der Waals surface area contributed by atoms with Crippen molar-refractivity contribution in [3.8, 4) is 11.7 Å². The fraction of sp³-hybridized carbons (Fsp3) is 0. The lowest BCUT2D eigenvalue weighted by molar-refractivity contribution is 0.103. The lowest BCUT2D eigenvalue weighted by Gasteiger charge is -2.01. The molecule has 0 fully saturated rings. The van der Waals surface area contributed by atoms with Crippen LogP contribution in [0.2, 0.25) is 5.02 Å². The minimum Gasteiger partial charge on any atom is -0.507 e. The number of nitrogens with one attached hydrogen (secondary N) is 1. The quantitative estimate of drug-likeness (QED) is 0.420. The predicted molar refractivity (Wildman–Crippen MR) is 81.6 cm³/mol. The number of aliphatic hydroxyl groups is 1. The topological polar surface area (TPSA) is 101 Å². The molecule has 2 heterocycles. The molecule has 7 nitrogen and oxygen atoms in total. The summed E-state index contributed by atoms with van der Waals surface area (Å²) in [6, 6.07) is 8.21. The SMILES string of the molecule is O=C(C=C(O)c1coc(Oc2cccc(Cl)c2)c1)c1ncn[nH]1. The van der Waals surface area contributed by atoms with Gasteiger partial charge in [-0.1, -0.05) is 17.7 Å². The lowest BCUT2D eigenvalue weighted by Crippen LogP contribution is -1.98. The number of carbonyl (C=O) groups is 1. The van der Waals surface area contributed by atoms with Gasteiger partial charge in [0.1, 0.15) is 24.1 Å². The number of carbonyl (C=O) groups excluding carboxylic acids is 1. The molecule has 0 amide bonds. The van der Waals surface area contributed by atoms with E-state index < -0.39 is 5.78 Å². The van der Waals surface area contributed by atoms with E-state index in [2.05, 4.69) is 15.2 Å². The lowest BCUT2D eigenvalue weighted by atomic mass is 10.2. The highest BCUT2D eigenvalue weighted by Crippen LogP contribution is 2.27. The monoisotopic (exact) mass is 331 g/mol. The van der Waals surface area contributed by atoms with E-state index in [1.54, 1.807) is 24.3 Å². The number of ether oxygens (including phenoxy) is 1. The van der Waals surface area contributed by atoms with Crippen molar-refractivity contribution in [1.29, 1.82) is 0 Å². The van der Waals surface area contributed by atoms with Gasteiger partial charge in [-0.2, -0.15) is 5.10 Å². The van der Waals surface area contributed by atoms with E-state index in [9.17, 15) is 9.90 Å². The molecule has 116 valence electrons. The maximum Gasteiger partial charge on any atom is 0.290 e. The zero-order chi connectivity index (χ0) is 16.2. The molecule has 0 saturated carbocycles. The van der Waals surface area contributed by atoms with Gasteiger partial charge in [0.25, 0.3) is 5.95 Å². The van der Waals surface area contributed by atoms with Gasteiger partial charge in [0.15, 0.2) is 5.82 Å².